The molecule has 0 saturated carbocycles. The van der Waals surface area contributed by atoms with Gasteiger partial charge in [-0.15, -0.1) is 0 Å². The summed E-state index contributed by atoms with van der Waals surface area (Å²) in [4.78, 5) is 12.0. The van der Waals surface area contributed by atoms with Gasteiger partial charge in [-0.2, -0.15) is 5.26 Å². The van der Waals surface area contributed by atoms with Crippen molar-refractivity contribution in [2.75, 3.05) is 13.7 Å². The summed E-state index contributed by atoms with van der Waals surface area (Å²) in [6, 6.07) is 22.7. The van der Waals surface area contributed by atoms with E-state index in [9.17, 15) is 10.1 Å². The highest BCUT2D eigenvalue weighted by Crippen LogP contribution is 2.38. The Bertz CT molecular complexity index is 1060. The van der Waals surface area contributed by atoms with Crippen molar-refractivity contribution in [3.63, 3.8) is 0 Å². The lowest BCUT2D eigenvalue weighted by Crippen LogP contribution is -2.15. The lowest BCUT2D eigenvalue weighted by Gasteiger charge is -2.12. The van der Waals surface area contributed by atoms with E-state index in [2.05, 4.69) is 0 Å². The largest absolute Gasteiger partial charge is 0.510 e. The normalized spacial score (nSPS) is 18.5. The molecule has 4 rings (SSSR count). The second-order valence-electron chi connectivity index (χ2n) is 6.67. The van der Waals surface area contributed by atoms with Crippen LogP contribution in [-0.2, 0) is 14.2 Å². The molecule has 0 bridgehead atoms. The Balaban J connectivity index is 1.35. The van der Waals surface area contributed by atoms with E-state index in [-0.39, 0.29) is 18.8 Å². The molecule has 0 spiro atoms. The molecular formula is C23H19NO5. The van der Waals surface area contributed by atoms with Crippen molar-refractivity contribution in [2.24, 2.45) is 0 Å². The van der Waals surface area contributed by atoms with Crippen LogP contribution in [0, 0.1) is 11.3 Å². The fraction of sp³-hybridized carbons (Fsp3) is 0.217. The highest BCUT2D eigenvalue weighted by molar-refractivity contribution is 5.84. The number of ether oxygens (including phenoxy) is 4. The Hall–Kier alpha value is -3.56. The van der Waals surface area contributed by atoms with Gasteiger partial charge in [-0.05, 0) is 34.5 Å². The van der Waals surface area contributed by atoms with Gasteiger partial charge in [0.1, 0.15) is 30.6 Å². The molecule has 1 heterocycles. The van der Waals surface area contributed by atoms with Gasteiger partial charge in [0.05, 0.1) is 7.11 Å². The molecule has 0 N–H and O–H groups in total. The minimum Gasteiger partial charge on any atom is -0.497 e. The van der Waals surface area contributed by atoms with Crippen molar-refractivity contribution < 1.29 is 23.7 Å². The number of benzene rings is 3. The molecule has 29 heavy (non-hydrogen) atoms. The molecule has 1 saturated heterocycles. The standard InChI is InChI=1S/C23H19NO5/c1-26-19-10-9-16-11-18(8-7-17(16)12-19)20(13-24)29-23(25)27-14-21-22(28-21)15-5-3-2-4-6-15/h2-12,20-22H,14H2,1H3/t20-,21+,22+/m1/s1. The first-order valence-electron chi connectivity index (χ1n) is 9.19. The first kappa shape index (κ1) is 18.8. The topological polar surface area (TPSA) is 81.1 Å². The lowest BCUT2D eigenvalue weighted by molar-refractivity contribution is 0.0347. The number of epoxide rings is 1. The molecule has 0 radical (unpaired) electrons. The van der Waals surface area contributed by atoms with Crippen molar-refractivity contribution >= 4 is 16.9 Å². The van der Waals surface area contributed by atoms with Gasteiger partial charge in [-0.1, -0.05) is 48.5 Å². The van der Waals surface area contributed by atoms with E-state index in [1.165, 1.54) is 0 Å². The van der Waals surface area contributed by atoms with E-state index in [4.69, 9.17) is 18.9 Å². The number of nitriles is 1. The molecule has 3 atom stereocenters. The molecule has 0 unspecified atom stereocenters. The highest BCUT2D eigenvalue weighted by atomic mass is 16.7. The number of carbonyl (C=O) groups excluding carboxylic acids is 1. The van der Waals surface area contributed by atoms with E-state index in [0.717, 1.165) is 22.1 Å². The minimum absolute atomic E-state index is 0.0757. The molecule has 0 amide bonds. The summed E-state index contributed by atoms with van der Waals surface area (Å²) >= 11 is 0. The summed E-state index contributed by atoms with van der Waals surface area (Å²) in [5, 5.41) is 11.3. The molecule has 1 fully saturated rings. The highest BCUT2D eigenvalue weighted by Gasteiger charge is 2.41. The predicted octanol–water partition coefficient (Wildman–Crippen LogP) is 4.71. The van der Waals surface area contributed by atoms with Crippen LogP contribution >= 0.6 is 0 Å². The van der Waals surface area contributed by atoms with E-state index in [0.29, 0.717) is 5.56 Å². The number of nitrogens with zero attached hydrogens (tertiary/aromatic N) is 1. The summed E-state index contributed by atoms with van der Waals surface area (Å²) in [6.07, 6.45) is -2.22. The summed E-state index contributed by atoms with van der Waals surface area (Å²) in [6.45, 7) is 0.0774. The summed E-state index contributed by atoms with van der Waals surface area (Å²) in [5.74, 6) is 0.748. The Morgan fingerprint density at radius 1 is 1.10 bits per heavy atom. The summed E-state index contributed by atoms with van der Waals surface area (Å²) in [5.41, 5.74) is 1.61. The Labute approximate surface area is 168 Å². The molecule has 6 heteroatoms. The quantitative estimate of drug-likeness (QED) is 0.449. The Morgan fingerprint density at radius 3 is 2.62 bits per heavy atom. The van der Waals surface area contributed by atoms with Gasteiger partial charge >= 0.3 is 6.16 Å². The molecule has 1 aliphatic heterocycles. The average Bonchev–Trinajstić information content (AvgIpc) is 3.55. The van der Waals surface area contributed by atoms with E-state index in [1.807, 2.05) is 66.7 Å². The van der Waals surface area contributed by atoms with Crippen LogP contribution in [0.3, 0.4) is 0 Å². The van der Waals surface area contributed by atoms with Gasteiger partial charge < -0.3 is 18.9 Å². The predicted molar refractivity (Wildman–Crippen MR) is 105 cm³/mol. The SMILES string of the molecule is COc1ccc2cc([C@@H](C#N)OC(=O)OC[C@@H]3O[C@H]3c3ccccc3)ccc2c1. The second kappa shape index (κ2) is 8.21. The van der Waals surface area contributed by atoms with Crippen molar-refractivity contribution in [2.45, 2.75) is 18.3 Å². The molecule has 0 aromatic heterocycles. The Kier molecular flexibility index (Phi) is 5.32. The van der Waals surface area contributed by atoms with Crippen molar-refractivity contribution in [3.8, 4) is 11.8 Å². The molecular weight excluding hydrogens is 370 g/mol. The van der Waals surface area contributed by atoms with Gasteiger partial charge in [-0.25, -0.2) is 4.79 Å². The molecule has 1 aliphatic rings. The minimum atomic E-state index is -1.06. The number of fused-ring (bicyclic) bond motifs is 1. The molecule has 3 aromatic rings. The number of carbonyl (C=O) groups is 1. The zero-order valence-corrected chi connectivity index (χ0v) is 15.8. The number of hydrogen-bond donors (Lipinski definition) is 0. The maximum atomic E-state index is 12.0. The third kappa shape index (κ3) is 4.31. The van der Waals surface area contributed by atoms with Crippen molar-refractivity contribution in [1.82, 2.24) is 0 Å². The van der Waals surface area contributed by atoms with Crippen molar-refractivity contribution in [1.29, 1.82) is 5.26 Å². The van der Waals surface area contributed by atoms with Crippen LogP contribution in [0.5, 0.6) is 5.75 Å². The third-order valence-electron chi connectivity index (χ3n) is 4.78. The van der Waals surface area contributed by atoms with Crippen LogP contribution in [0.15, 0.2) is 66.7 Å². The summed E-state index contributed by atoms with van der Waals surface area (Å²) < 4.78 is 21.1. The first-order chi connectivity index (χ1) is 14.2. The zero-order chi connectivity index (χ0) is 20.2. The number of hydrogen-bond acceptors (Lipinski definition) is 6. The summed E-state index contributed by atoms with van der Waals surface area (Å²) in [7, 11) is 1.61. The van der Waals surface area contributed by atoms with Crippen LogP contribution in [0.4, 0.5) is 4.79 Å². The monoisotopic (exact) mass is 389 g/mol. The van der Waals surface area contributed by atoms with Crippen LogP contribution in [0.2, 0.25) is 0 Å². The molecule has 0 aliphatic carbocycles. The number of rotatable bonds is 6. The molecule has 3 aromatic carbocycles. The van der Waals surface area contributed by atoms with Crippen LogP contribution < -0.4 is 4.74 Å². The lowest BCUT2D eigenvalue weighted by atomic mass is 10.0. The van der Waals surface area contributed by atoms with Gasteiger partial charge in [0, 0.05) is 5.56 Å². The van der Waals surface area contributed by atoms with Gasteiger partial charge in [0.15, 0.2) is 0 Å². The second-order valence-corrected chi connectivity index (χ2v) is 6.67. The Morgan fingerprint density at radius 2 is 1.86 bits per heavy atom. The first-order valence-corrected chi connectivity index (χ1v) is 9.19. The van der Waals surface area contributed by atoms with Gasteiger partial charge in [0.25, 0.3) is 0 Å². The maximum Gasteiger partial charge on any atom is 0.510 e. The maximum absolute atomic E-state index is 12.0. The van der Waals surface area contributed by atoms with Gasteiger partial charge in [-0.3, -0.25) is 0 Å². The average molecular weight is 389 g/mol. The van der Waals surface area contributed by atoms with E-state index < -0.39 is 12.3 Å². The van der Waals surface area contributed by atoms with Crippen LogP contribution in [-0.4, -0.2) is 26.0 Å². The zero-order valence-electron chi connectivity index (χ0n) is 15.8. The van der Waals surface area contributed by atoms with Crippen LogP contribution in [0.25, 0.3) is 10.8 Å². The van der Waals surface area contributed by atoms with E-state index in [1.54, 1.807) is 13.2 Å². The molecule has 6 nitrogen and oxygen atoms in total. The van der Waals surface area contributed by atoms with Gasteiger partial charge in [0.2, 0.25) is 6.10 Å². The number of methoxy groups -OCH3 is 1. The fourth-order valence-corrected chi connectivity index (χ4v) is 3.19. The molecule has 146 valence electrons. The third-order valence-corrected chi connectivity index (χ3v) is 4.78. The van der Waals surface area contributed by atoms with Crippen molar-refractivity contribution in [3.05, 3.63) is 77.9 Å². The van der Waals surface area contributed by atoms with E-state index >= 15 is 0 Å². The van der Waals surface area contributed by atoms with Crippen LogP contribution in [0.1, 0.15) is 23.3 Å². The fourth-order valence-electron chi connectivity index (χ4n) is 3.19. The smallest absolute Gasteiger partial charge is 0.497 e.